The van der Waals surface area contributed by atoms with Gasteiger partial charge in [0.25, 0.3) is 15.9 Å². The van der Waals surface area contributed by atoms with E-state index in [1.54, 1.807) is 0 Å². The minimum absolute atomic E-state index is 0.0650. The molecule has 30 heavy (non-hydrogen) atoms. The number of pyridine rings is 1. The van der Waals surface area contributed by atoms with Crippen molar-refractivity contribution >= 4 is 50.5 Å². The molecule has 11 heteroatoms. The fraction of sp³-hybridized carbons (Fsp3) is 0.0526. The van der Waals surface area contributed by atoms with Crippen LogP contribution in [0, 0.1) is 5.82 Å². The average Bonchev–Trinajstić information content (AvgIpc) is 2.70. The number of benzene rings is 2. The van der Waals surface area contributed by atoms with Crippen molar-refractivity contribution in [3.05, 3.63) is 76.3 Å². The Hall–Kier alpha value is -2.88. The van der Waals surface area contributed by atoms with E-state index in [1.807, 2.05) is 0 Å². The maximum atomic E-state index is 13.1. The lowest BCUT2D eigenvalue weighted by Gasteiger charge is -2.14. The fourth-order valence-electron chi connectivity index (χ4n) is 2.43. The molecular weight excluding hydrogens is 456 g/mol. The summed E-state index contributed by atoms with van der Waals surface area (Å²) in [5, 5.41) is 2.79. The summed E-state index contributed by atoms with van der Waals surface area (Å²) in [6.07, 6.45) is 1.26. The monoisotopic (exact) mass is 469 g/mol. The number of nitrogens with zero attached hydrogens (tertiary/aromatic N) is 1. The molecule has 7 nitrogen and oxygen atoms in total. The lowest BCUT2D eigenvalue weighted by atomic mass is 10.2. The lowest BCUT2D eigenvalue weighted by Crippen LogP contribution is -2.15. The number of nitrogens with one attached hydrogen (secondary N) is 2. The maximum Gasteiger partial charge on any atom is 0.262 e. The van der Waals surface area contributed by atoms with Crippen LogP contribution in [-0.2, 0) is 10.0 Å². The fourth-order valence-corrected chi connectivity index (χ4v) is 3.76. The molecule has 0 aliphatic carbocycles. The van der Waals surface area contributed by atoms with E-state index in [2.05, 4.69) is 15.0 Å². The van der Waals surface area contributed by atoms with Gasteiger partial charge in [0.2, 0.25) is 0 Å². The SMILES string of the molecule is COc1ccc(NC(=O)c2cnc(Cl)c(Cl)c2)cc1NS(=O)(=O)c1ccc(F)cc1. The Labute approximate surface area is 181 Å². The van der Waals surface area contributed by atoms with Crippen molar-refractivity contribution in [1.29, 1.82) is 0 Å². The summed E-state index contributed by atoms with van der Waals surface area (Å²) in [4.78, 5) is 16.1. The van der Waals surface area contributed by atoms with Crippen molar-refractivity contribution in [2.45, 2.75) is 4.90 Å². The number of carbonyl (C=O) groups excluding carboxylic acids is 1. The van der Waals surface area contributed by atoms with Crippen molar-refractivity contribution in [2.24, 2.45) is 0 Å². The molecule has 1 amide bonds. The van der Waals surface area contributed by atoms with Gasteiger partial charge in [0.05, 0.1) is 28.3 Å². The summed E-state index contributed by atoms with van der Waals surface area (Å²) in [6, 6.07) is 10.1. The molecule has 0 atom stereocenters. The molecule has 3 rings (SSSR count). The number of hydrogen-bond acceptors (Lipinski definition) is 5. The first kappa shape index (κ1) is 21.8. The molecule has 0 fully saturated rings. The Balaban J connectivity index is 1.87. The zero-order valence-corrected chi connectivity index (χ0v) is 17.6. The van der Waals surface area contributed by atoms with E-state index in [-0.39, 0.29) is 37.8 Å². The molecule has 0 aliphatic heterocycles. The first-order chi connectivity index (χ1) is 14.2. The zero-order chi connectivity index (χ0) is 21.9. The molecule has 1 heterocycles. The van der Waals surface area contributed by atoms with Gasteiger partial charge in [0, 0.05) is 11.9 Å². The molecule has 0 radical (unpaired) electrons. The number of carbonyl (C=O) groups is 1. The number of hydrogen-bond donors (Lipinski definition) is 2. The van der Waals surface area contributed by atoms with E-state index in [9.17, 15) is 17.6 Å². The predicted octanol–water partition coefficient (Wildman–Crippen LogP) is 4.59. The van der Waals surface area contributed by atoms with E-state index in [1.165, 1.54) is 37.6 Å². The number of aromatic nitrogens is 1. The third-order valence-electron chi connectivity index (χ3n) is 3.88. The summed E-state index contributed by atoms with van der Waals surface area (Å²) in [5.41, 5.74) is 0.518. The molecule has 156 valence electrons. The third kappa shape index (κ3) is 4.99. The van der Waals surface area contributed by atoms with Crippen LogP contribution in [0.4, 0.5) is 15.8 Å². The standard InChI is InChI=1S/C19H14Cl2FN3O4S/c1-29-17-7-4-13(24-19(26)11-8-15(20)18(21)23-10-11)9-16(17)25-30(27,28)14-5-2-12(22)3-6-14/h2-10,25H,1H3,(H,24,26). The maximum absolute atomic E-state index is 13.1. The second-order valence-electron chi connectivity index (χ2n) is 5.93. The highest BCUT2D eigenvalue weighted by atomic mass is 35.5. The van der Waals surface area contributed by atoms with E-state index >= 15 is 0 Å². The van der Waals surface area contributed by atoms with Crippen LogP contribution >= 0.6 is 23.2 Å². The average molecular weight is 470 g/mol. The van der Waals surface area contributed by atoms with E-state index in [0.29, 0.717) is 0 Å². The van der Waals surface area contributed by atoms with E-state index in [4.69, 9.17) is 27.9 Å². The van der Waals surface area contributed by atoms with Gasteiger partial charge in [-0.25, -0.2) is 17.8 Å². The number of rotatable bonds is 6. The molecule has 0 unspecified atom stereocenters. The second-order valence-corrected chi connectivity index (χ2v) is 8.37. The summed E-state index contributed by atoms with van der Waals surface area (Å²) < 4.78 is 45.8. The van der Waals surface area contributed by atoms with Crippen molar-refractivity contribution in [1.82, 2.24) is 4.98 Å². The molecule has 0 saturated carbocycles. The molecule has 3 aromatic rings. The van der Waals surface area contributed by atoms with Gasteiger partial charge in [-0.1, -0.05) is 23.2 Å². The number of ether oxygens (including phenoxy) is 1. The van der Waals surface area contributed by atoms with E-state index in [0.717, 1.165) is 24.3 Å². The van der Waals surface area contributed by atoms with Gasteiger partial charge in [-0.05, 0) is 48.5 Å². The normalized spacial score (nSPS) is 11.1. The Bertz CT molecular complexity index is 1200. The predicted molar refractivity (Wildman–Crippen MR) is 112 cm³/mol. The van der Waals surface area contributed by atoms with Gasteiger partial charge in [-0.2, -0.15) is 0 Å². The topological polar surface area (TPSA) is 97.4 Å². The number of amides is 1. The first-order valence-electron chi connectivity index (χ1n) is 8.28. The summed E-state index contributed by atoms with van der Waals surface area (Å²) in [6.45, 7) is 0. The smallest absolute Gasteiger partial charge is 0.262 e. The van der Waals surface area contributed by atoms with E-state index < -0.39 is 21.7 Å². The van der Waals surface area contributed by atoms with Gasteiger partial charge in [0.1, 0.15) is 16.7 Å². The molecule has 2 aromatic carbocycles. The minimum atomic E-state index is -4.02. The molecule has 0 spiro atoms. The van der Waals surface area contributed by atoms with Crippen LogP contribution in [0.1, 0.15) is 10.4 Å². The number of anilines is 2. The Kier molecular flexibility index (Phi) is 6.45. The Morgan fingerprint density at radius 1 is 1.10 bits per heavy atom. The van der Waals surface area contributed by atoms with Gasteiger partial charge in [-0.3, -0.25) is 9.52 Å². The van der Waals surface area contributed by atoms with Gasteiger partial charge in [-0.15, -0.1) is 0 Å². The quantitative estimate of drug-likeness (QED) is 0.514. The molecule has 0 saturated heterocycles. The highest BCUT2D eigenvalue weighted by Gasteiger charge is 2.18. The highest BCUT2D eigenvalue weighted by molar-refractivity contribution is 7.92. The van der Waals surface area contributed by atoms with Crippen LogP contribution in [-0.4, -0.2) is 26.4 Å². The van der Waals surface area contributed by atoms with Crippen LogP contribution in [0.2, 0.25) is 10.2 Å². The van der Waals surface area contributed by atoms with Crippen molar-refractivity contribution in [3.63, 3.8) is 0 Å². The minimum Gasteiger partial charge on any atom is -0.495 e. The number of halogens is 3. The van der Waals surface area contributed by atoms with Gasteiger partial charge < -0.3 is 10.1 Å². The first-order valence-corrected chi connectivity index (χ1v) is 10.5. The lowest BCUT2D eigenvalue weighted by molar-refractivity contribution is 0.102. The third-order valence-corrected chi connectivity index (χ3v) is 5.95. The zero-order valence-electron chi connectivity index (χ0n) is 15.3. The van der Waals surface area contributed by atoms with Gasteiger partial charge in [0.15, 0.2) is 0 Å². The summed E-state index contributed by atoms with van der Waals surface area (Å²) in [5.74, 6) is -0.874. The van der Waals surface area contributed by atoms with Crippen LogP contribution in [0.15, 0.2) is 59.6 Å². The van der Waals surface area contributed by atoms with Crippen LogP contribution in [0.5, 0.6) is 5.75 Å². The van der Waals surface area contributed by atoms with Crippen molar-refractivity contribution in [2.75, 3.05) is 17.1 Å². The molecule has 0 aliphatic rings. The van der Waals surface area contributed by atoms with Crippen LogP contribution in [0.3, 0.4) is 0 Å². The second kappa shape index (κ2) is 8.86. The number of methoxy groups -OCH3 is 1. The van der Waals surface area contributed by atoms with Crippen molar-refractivity contribution < 1.29 is 22.3 Å². The largest absolute Gasteiger partial charge is 0.495 e. The Morgan fingerprint density at radius 2 is 1.80 bits per heavy atom. The van der Waals surface area contributed by atoms with Crippen LogP contribution < -0.4 is 14.8 Å². The summed E-state index contributed by atoms with van der Waals surface area (Å²) in [7, 11) is -2.66. The molecule has 2 N–H and O–H groups in total. The summed E-state index contributed by atoms with van der Waals surface area (Å²) >= 11 is 11.6. The van der Waals surface area contributed by atoms with Crippen LogP contribution in [0.25, 0.3) is 0 Å². The molecular formula is C19H14Cl2FN3O4S. The number of sulfonamides is 1. The Morgan fingerprint density at radius 3 is 2.43 bits per heavy atom. The van der Waals surface area contributed by atoms with Crippen molar-refractivity contribution in [3.8, 4) is 5.75 Å². The highest BCUT2D eigenvalue weighted by Crippen LogP contribution is 2.30. The van der Waals surface area contributed by atoms with Gasteiger partial charge >= 0.3 is 0 Å². The molecule has 1 aromatic heterocycles. The molecule has 0 bridgehead atoms.